The third kappa shape index (κ3) is 69.7. The molecule has 0 heterocycles. The molecule has 0 aliphatic carbocycles. The number of nitrogens with one attached hydrogen (secondary N) is 1. The number of ether oxygens (including phenoxy) is 1. The fraction of sp³-hybridized carbons (Fsp3) is 0.949. The smallest absolute Gasteiger partial charge is 0.305 e. The Balaban J connectivity index is 3.35. The standard InChI is InChI=1S/C78H153NO5/c1-3-5-7-9-11-13-15-17-18-19-20-21-35-38-41-44-47-50-54-58-62-66-70-76(81)75(74-80)79-77(82)71-67-63-59-55-51-48-45-42-39-36-33-31-29-27-25-23-22-24-26-28-30-32-34-37-40-43-46-49-53-57-61-65-69-73-84-78(83)72-68-64-60-56-52-16-14-12-10-8-6-4-2/h26,28,75-76,80-81H,3-25,27,29-74H2,1-2H3,(H,79,82)/b28-26-. The van der Waals surface area contributed by atoms with Crippen molar-refractivity contribution in [2.75, 3.05) is 13.2 Å². The van der Waals surface area contributed by atoms with Crippen LogP contribution in [0.15, 0.2) is 12.2 Å². The number of allylic oxidation sites excluding steroid dienone is 2. The predicted octanol–water partition coefficient (Wildman–Crippen LogP) is 25.5. The van der Waals surface area contributed by atoms with Gasteiger partial charge in [-0.25, -0.2) is 0 Å². The molecule has 1 amide bonds. The summed E-state index contributed by atoms with van der Waals surface area (Å²) in [4.78, 5) is 24.6. The average molecular weight is 1190 g/mol. The number of unbranched alkanes of at least 4 members (excludes halogenated alkanes) is 61. The van der Waals surface area contributed by atoms with E-state index in [0.29, 0.717) is 25.9 Å². The molecule has 0 aromatic heterocycles. The van der Waals surface area contributed by atoms with Crippen molar-refractivity contribution in [3.05, 3.63) is 12.2 Å². The van der Waals surface area contributed by atoms with Crippen molar-refractivity contribution in [2.24, 2.45) is 0 Å². The van der Waals surface area contributed by atoms with Gasteiger partial charge in [0.15, 0.2) is 0 Å². The fourth-order valence-corrected chi connectivity index (χ4v) is 12.6. The van der Waals surface area contributed by atoms with Gasteiger partial charge in [-0.3, -0.25) is 9.59 Å². The van der Waals surface area contributed by atoms with E-state index in [1.54, 1.807) is 0 Å². The second-order valence-corrected chi connectivity index (χ2v) is 27.0. The number of rotatable bonds is 74. The van der Waals surface area contributed by atoms with Crippen LogP contribution >= 0.6 is 0 Å². The molecule has 500 valence electrons. The summed E-state index contributed by atoms with van der Waals surface area (Å²) in [6.07, 6.45) is 93.0. The van der Waals surface area contributed by atoms with Crippen LogP contribution in [0.25, 0.3) is 0 Å². The van der Waals surface area contributed by atoms with Crippen LogP contribution in [-0.2, 0) is 14.3 Å². The van der Waals surface area contributed by atoms with E-state index in [1.807, 2.05) is 0 Å². The summed E-state index contributed by atoms with van der Waals surface area (Å²) in [7, 11) is 0. The summed E-state index contributed by atoms with van der Waals surface area (Å²) in [5.74, 6) is -0.00558. The molecule has 6 nitrogen and oxygen atoms in total. The highest BCUT2D eigenvalue weighted by Crippen LogP contribution is 2.20. The van der Waals surface area contributed by atoms with Crippen LogP contribution < -0.4 is 5.32 Å². The third-order valence-corrected chi connectivity index (χ3v) is 18.6. The van der Waals surface area contributed by atoms with Crippen molar-refractivity contribution in [3.8, 4) is 0 Å². The number of aliphatic hydroxyl groups is 2. The molecular weight excluding hydrogens is 1030 g/mol. The molecule has 0 bridgehead atoms. The second-order valence-electron chi connectivity index (χ2n) is 27.0. The number of carbonyl (C=O) groups excluding carboxylic acids is 2. The highest BCUT2D eigenvalue weighted by molar-refractivity contribution is 5.76. The molecule has 0 spiro atoms. The van der Waals surface area contributed by atoms with Gasteiger partial charge in [-0.15, -0.1) is 0 Å². The molecule has 0 aromatic rings. The zero-order valence-corrected chi connectivity index (χ0v) is 57.4. The molecule has 84 heavy (non-hydrogen) atoms. The molecule has 0 saturated heterocycles. The number of esters is 1. The number of amides is 1. The number of aliphatic hydroxyl groups excluding tert-OH is 2. The molecule has 0 fully saturated rings. The Bertz CT molecular complexity index is 1270. The number of hydrogen-bond donors (Lipinski definition) is 3. The first-order valence-electron chi connectivity index (χ1n) is 38.9. The van der Waals surface area contributed by atoms with Crippen LogP contribution in [0.3, 0.4) is 0 Å². The Hall–Kier alpha value is -1.40. The SMILES string of the molecule is CCCCCCCCCCCCCCCCCCCCCCCCC(O)C(CO)NC(=O)CCCCCCCCCCCCCCCCCCC/C=C\CCCCCCCCCCCCCCOC(=O)CCCCCCCCCCCCCC. The minimum atomic E-state index is -0.663. The summed E-state index contributed by atoms with van der Waals surface area (Å²) in [6, 6.07) is -0.540. The Kier molecular flexibility index (Phi) is 72.8. The molecule has 6 heteroatoms. The lowest BCUT2D eigenvalue weighted by Crippen LogP contribution is -2.45. The van der Waals surface area contributed by atoms with Crippen molar-refractivity contribution in [1.29, 1.82) is 0 Å². The highest BCUT2D eigenvalue weighted by Gasteiger charge is 2.20. The summed E-state index contributed by atoms with van der Waals surface area (Å²) >= 11 is 0. The molecule has 3 N–H and O–H groups in total. The summed E-state index contributed by atoms with van der Waals surface area (Å²) < 4.78 is 5.49. The first kappa shape index (κ1) is 82.6. The van der Waals surface area contributed by atoms with Crippen LogP contribution in [0, 0.1) is 0 Å². The first-order chi connectivity index (χ1) is 41.5. The van der Waals surface area contributed by atoms with Gasteiger partial charge in [0.05, 0.1) is 25.4 Å². The second kappa shape index (κ2) is 74.1. The van der Waals surface area contributed by atoms with Crippen molar-refractivity contribution in [2.45, 2.75) is 463 Å². The van der Waals surface area contributed by atoms with Gasteiger partial charge >= 0.3 is 5.97 Å². The lowest BCUT2D eigenvalue weighted by molar-refractivity contribution is -0.143. The quantitative estimate of drug-likeness (QED) is 0.0320. The van der Waals surface area contributed by atoms with Gasteiger partial charge in [0, 0.05) is 12.8 Å². The molecule has 2 unspecified atom stereocenters. The monoisotopic (exact) mass is 1180 g/mol. The first-order valence-corrected chi connectivity index (χ1v) is 38.9. The van der Waals surface area contributed by atoms with E-state index in [1.165, 1.54) is 379 Å². The molecule has 0 radical (unpaired) electrons. The van der Waals surface area contributed by atoms with Crippen molar-refractivity contribution < 1.29 is 24.5 Å². The average Bonchev–Trinajstić information content (AvgIpc) is 3.50. The van der Waals surface area contributed by atoms with E-state index >= 15 is 0 Å². The van der Waals surface area contributed by atoms with E-state index in [0.717, 1.165) is 38.5 Å². The maximum Gasteiger partial charge on any atom is 0.305 e. The van der Waals surface area contributed by atoms with E-state index in [-0.39, 0.29) is 18.5 Å². The third-order valence-electron chi connectivity index (χ3n) is 18.6. The Morgan fingerprint density at radius 3 is 0.845 bits per heavy atom. The lowest BCUT2D eigenvalue weighted by Gasteiger charge is -2.22. The molecule has 2 atom stereocenters. The minimum Gasteiger partial charge on any atom is -0.466 e. The van der Waals surface area contributed by atoms with E-state index < -0.39 is 12.1 Å². The summed E-state index contributed by atoms with van der Waals surface area (Å²) in [5.41, 5.74) is 0. The molecular formula is C78H153NO5. The molecule has 0 saturated carbocycles. The Labute approximate surface area is 527 Å². The van der Waals surface area contributed by atoms with Crippen molar-refractivity contribution in [1.82, 2.24) is 5.32 Å². The fourth-order valence-electron chi connectivity index (χ4n) is 12.6. The molecule has 0 aliphatic heterocycles. The lowest BCUT2D eigenvalue weighted by atomic mass is 10.0. The van der Waals surface area contributed by atoms with Gasteiger partial charge in [-0.1, -0.05) is 398 Å². The van der Waals surface area contributed by atoms with Crippen LogP contribution in [0.1, 0.15) is 450 Å². The van der Waals surface area contributed by atoms with Gasteiger partial charge in [0.1, 0.15) is 0 Å². The van der Waals surface area contributed by atoms with E-state index in [9.17, 15) is 19.8 Å². The predicted molar refractivity (Wildman–Crippen MR) is 370 cm³/mol. The molecule has 0 aromatic carbocycles. The van der Waals surface area contributed by atoms with Crippen molar-refractivity contribution in [3.63, 3.8) is 0 Å². The molecule has 0 aliphatic rings. The zero-order valence-electron chi connectivity index (χ0n) is 57.4. The summed E-state index contributed by atoms with van der Waals surface area (Å²) in [6.45, 7) is 5.01. The van der Waals surface area contributed by atoms with E-state index in [2.05, 4.69) is 31.3 Å². The van der Waals surface area contributed by atoms with Crippen molar-refractivity contribution >= 4 is 11.9 Å². The van der Waals surface area contributed by atoms with E-state index in [4.69, 9.17) is 4.74 Å². The topological polar surface area (TPSA) is 95.9 Å². The van der Waals surface area contributed by atoms with Crippen LogP contribution in [0.4, 0.5) is 0 Å². The minimum absolute atomic E-state index is 0.0205. The normalized spacial score (nSPS) is 12.5. The van der Waals surface area contributed by atoms with Gasteiger partial charge in [-0.2, -0.15) is 0 Å². The Morgan fingerprint density at radius 2 is 0.560 bits per heavy atom. The maximum atomic E-state index is 12.6. The van der Waals surface area contributed by atoms with Gasteiger partial charge < -0.3 is 20.3 Å². The maximum absolute atomic E-state index is 12.6. The van der Waals surface area contributed by atoms with Gasteiger partial charge in [0.2, 0.25) is 5.91 Å². The zero-order chi connectivity index (χ0) is 60.6. The number of hydrogen-bond acceptors (Lipinski definition) is 5. The summed E-state index contributed by atoms with van der Waals surface area (Å²) in [5, 5.41) is 23.5. The van der Waals surface area contributed by atoms with Crippen LogP contribution in [0.5, 0.6) is 0 Å². The van der Waals surface area contributed by atoms with Crippen LogP contribution in [0.2, 0.25) is 0 Å². The highest BCUT2D eigenvalue weighted by atomic mass is 16.5. The van der Waals surface area contributed by atoms with Gasteiger partial charge in [-0.05, 0) is 51.4 Å². The Morgan fingerprint density at radius 1 is 0.321 bits per heavy atom. The molecule has 0 rings (SSSR count). The van der Waals surface area contributed by atoms with Crippen LogP contribution in [-0.4, -0.2) is 47.4 Å². The van der Waals surface area contributed by atoms with Gasteiger partial charge in [0.25, 0.3) is 0 Å². The number of carbonyl (C=O) groups is 2. The largest absolute Gasteiger partial charge is 0.466 e.